The average Bonchev–Trinajstić information content (AvgIpc) is 2.85. The van der Waals surface area contributed by atoms with E-state index in [1.807, 2.05) is 0 Å². The van der Waals surface area contributed by atoms with Crippen molar-refractivity contribution in [2.24, 2.45) is 0 Å². The Balaban J connectivity index is 2.01. The number of thioether (sulfide) groups is 1. The van der Waals surface area contributed by atoms with E-state index in [-0.39, 0.29) is 17.8 Å². The summed E-state index contributed by atoms with van der Waals surface area (Å²) < 4.78 is 12.9. The molecule has 0 aromatic heterocycles. The number of nitrogens with one attached hydrogen (secondary N) is 1. The SMILES string of the molecule is CN(Cc1ccc(F)cc1Cl)C(=O)C1CSCN1. The summed E-state index contributed by atoms with van der Waals surface area (Å²) in [5.74, 6) is 1.27. The molecule has 1 saturated heterocycles. The number of rotatable bonds is 3. The molecule has 0 radical (unpaired) electrons. The van der Waals surface area contributed by atoms with Gasteiger partial charge in [0.2, 0.25) is 5.91 Å². The molecule has 1 fully saturated rings. The molecule has 18 heavy (non-hydrogen) atoms. The van der Waals surface area contributed by atoms with E-state index in [2.05, 4.69) is 5.32 Å². The van der Waals surface area contributed by atoms with Gasteiger partial charge in [-0.15, -0.1) is 11.8 Å². The van der Waals surface area contributed by atoms with Gasteiger partial charge in [0.25, 0.3) is 0 Å². The number of halogens is 2. The normalized spacial score (nSPS) is 18.9. The highest BCUT2D eigenvalue weighted by atomic mass is 35.5. The van der Waals surface area contributed by atoms with Crippen molar-refractivity contribution in [3.8, 4) is 0 Å². The van der Waals surface area contributed by atoms with Crippen molar-refractivity contribution in [1.82, 2.24) is 10.2 Å². The molecule has 6 heteroatoms. The molecule has 0 bridgehead atoms. The van der Waals surface area contributed by atoms with Crippen molar-refractivity contribution >= 4 is 29.3 Å². The second-order valence-corrected chi connectivity index (χ2v) is 5.64. The quantitative estimate of drug-likeness (QED) is 0.924. The number of benzene rings is 1. The van der Waals surface area contributed by atoms with Gasteiger partial charge in [0.1, 0.15) is 5.82 Å². The Bertz CT molecular complexity index is 452. The number of amides is 1. The van der Waals surface area contributed by atoms with Gasteiger partial charge < -0.3 is 4.90 Å². The second-order valence-electron chi connectivity index (χ2n) is 4.20. The van der Waals surface area contributed by atoms with Crippen molar-refractivity contribution in [3.05, 3.63) is 34.6 Å². The highest BCUT2D eigenvalue weighted by Gasteiger charge is 2.25. The third kappa shape index (κ3) is 3.16. The van der Waals surface area contributed by atoms with Crippen LogP contribution in [0.2, 0.25) is 5.02 Å². The summed E-state index contributed by atoms with van der Waals surface area (Å²) >= 11 is 7.65. The molecule has 1 aliphatic rings. The molecular formula is C12H14ClFN2OS. The number of hydrogen-bond acceptors (Lipinski definition) is 3. The lowest BCUT2D eigenvalue weighted by molar-refractivity contribution is -0.131. The molecule has 98 valence electrons. The van der Waals surface area contributed by atoms with Crippen LogP contribution in [0.25, 0.3) is 0 Å². The molecular weight excluding hydrogens is 275 g/mol. The molecule has 0 saturated carbocycles. The van der Waals surface area contributed by atoms with Crippen molar-refractivity contribution in [2.75, 3.05) is 18.7 Å². The van der Waals surface area contributed by atoms with E-state index in [0.717, 1.165) is 17.2 Å². The molecule has 1 aliphatic heterocycles. The first-order valence-corrected chi connectivity index (χ1v) is 7.11. The Hall–Kier alpha value is -0.780. The zero-order chi connectivity index (χ0) is 13.1. The monoisotopic (exact) mass is 288 g/mol. The molecule has 0 spiro atoms. The van der Waals surface area contributed by atoms with Crippen LogP contribution in [-0.4, -0.2) is 35.5 Å². The Labute approximate surface area is 115 Å². The van der Waals surface area contributed by atoms with Crippen LogP contribution in [0.3, 0.4) is 0 Å². The molecule has 1 heterocycles. The third-order valence-corrected chi connectivity index (χ3v) is 4.10. The Kier molecular flexibility index (Phi) is 4.48. The predicted molar refractivity (Wildman–Crippen MR) is 72.1 cm³/mol. The standard InChI is InChI=1S/C12H14ClFN2OS/c1-16(12(17)11-6-18-7-15-11)5-8-2-3-9(14)4-10(8)13/h2-4,11,15H,5-7H2,1H3. The van der Waals surface area contributed by atoms with E-state index >= 15 is 0 Å². The molecule has 1 aromatic carbocycles. The van der Waals surface area contributed by atoms with Crippen LogP contribution < -0.4 is 5.32 Å². The first-order chi connectivity index (χ1) is 8.58. The lowest BCUT2D eigenvalue weighted by Crippen LogP contribution is -2.42. The highest BCUT2D eigenvalue weighted by molar-refractivity contribution is 7.99. The minimum atomic E-state index is -0.369. The van der Waals surface area contributed by atoms with Crippen LogP contribution in [0.5, 0.6) is 0 Å². The van der Waals surface area contributed by atoms with Crippen molar-refractivity contribution in [3.63, 3.8) is 0 Å². The van der Waals surface area contributed by atoms with Gasteiger partial charge in [-0.25, -0.2) is 4.39 Å². The fourth-order valence-electron chi connectivity index (χ4n) is 1.80. The molecule has 1 unspecified atom stereocenters. The molecule has 1 N–H and O–H groups in total. The lowest BCUT2D eigenvalue weighted by atomic mass is 10.2. The Morgan fingerprint density at radius 1 is 1.67 bits per heavy atom. The zero-order valence-corrected chi connectivity index (χ0v) is 11.5. The first-order valence-electron chi connectivity index (χ1n) is 5.58. The predicted octanol–water partition coefficient (Wildman–Crippen LogP) is 2.10. The summed E-state index contributed by atoms with van der Waals surface area (Å²) in [6.45, 7) is 0.390. The molecule has 0 aliphatic carbocycles. The largest absolute Gasteiger partial charge is 0.340 e. The lowest BCUT2D eigenvalue weighted by Gasteiger charge is -2.21. The molecule has 1 aromatic rings. The van der Waals surface area contributed by atoms with E-state index in [9.17, 15) is 9.18 Å². The summed E-state index contributed by atoms with van der Waals surface area (Å²) in [6.07, 6.45) is 0. The van der Waals surface area contributed by atoms with Gasteiger partial charge in [-0.05, 0) is 17.7 Å². The number of hydrogen-bond donors (Lipinski definition) is 1. The number of carbonyl (C=O) groups excluding carboxylic acids is 1. The van der Waals surface area contributed by atoms with Gasteiger partial charge in [-0.1, -0.05) is 17.7 Å². The summed E-state index contributed by atoms with van der Waals surface area (Å²) in [6, 6.07) is 4.10. The Morgan fingerprint density at radius 2 is 2.44 bits per heavy atom. The molecule has 1 atom stereocenters. The fourth-order valence-corrected chi connectivity index (χ4v) is 2.96. The van der Waals surface area contributed by atoms with E-state index in [0.29, 0.717) is 11.6 Å². The average molecular weight is 289 g/mol. The maximum absolute atomic E-state index is 12.9. The van der Waals surface area contributed by atoms with Crippen molar-refractivity contribution < 1.29 is 9.18 Å². The van der Waals surface area contributed by atoms with Gasteiger partial charge in [0, 0.05) is 30.2 Å². The molecule has 1 amide bonds. The van der Waals surface area contributed by atoms with Crippen LogP contribution in [0.4, 0.5) is 4.39 Å². The van der Waals surface area contributed by atoms with Crippen LogP contribution in [0, 0.1) is 5.82 Å². The van der Waals surface area contributed by atoms with Gasteiger partial charge in [0.15, 0.2) is 0 Å². The smallest absolute Gasteiger partial charge is 0.240 e. The first kappa shape index (κ1) is 13.6. The van der Waals surface area contributed by atoms with Gasteiger partial charge in [-0.3, -0.25) is 10.1 Å². The maximum Gasteiger partial charge on any atom is 0.240 e. The minimum absolute atomic E-state index is 0.0420. The van der Waals surface area contributed by atoms with Crippen molar-refractivity contribution in [2.45, 2.75) is 12.6 Å². The van der Waals surface area contributed by atoms with E-state index < -0.39 is 0 Å². The van der Waals surface area contributed by atoms with Gasteiger partial charge in [-0.2, -0.15) is 0 Å². The topological polar surface area (TPSA) is 32.3 Å². The van der Waals surface area contributed by atoms with Crippen LogP contribution >= 0.6 is 23.4 Å². The fraction of sp³-hybridized carbons (Fsp3) is 0.417. The zero-order valence-electron chi connectivity index (χ0n) is 9.95. The van der Waals surface area contributed by atoms with Gasteiger partial charge in [0.05, 0.1) is 6.04 Å². The highest BCUT2D eigenvalue weighted by Crippen LogP contribution is 2.19. The van der Waals surface area contributed by atoms with E-state index in [1.165, 1.54) is 12.1 Å². The third-order valence-electron chi connectivity index (χ3n) is 2.81. The Morgan fingerprint density at radius 3 is 3.06 bits per heavy atom. The number of carbonyl (C=O) groups is 1. The minimum Gasteiger partial charge on any atom is -0.340 e. The molecule has 3 nitrogen and oxygen atoms in total. The second kappa shape index (κ2) is 5.91. The van der Waals surface area contributed by atoms with Gasteiger partial charge >= 0.3 is 0 Å². The number of likely N-dealkylation sites (N-methyl/N-ethyl adjacent to an activating group) is 1. The maximum atomic E-state index is 12.9. The van der Waals surface area contributed by atoms with E-state index in [1.54, 1.807) is 29.8 Å². The molecule has 2 rings (SSSR count). The van der Waals surface area contributed by atoms with Crippen LogP contribution in [0.15, 0.2) is 18.2 Å². The van der Waals surface area contributed by atoms with Crippen LogP contribution in [-0.2, 0) is 11.3 Å². The van der Waals surface area contributed by atoms with E-state index in [4.69, 9.17) is 11.6 Å². The van der Waals surface area contributed by atoms with Crippen LogP contribution in [0.1, 0.15) is 5.56 Å². The summed E-state index contributed by atoms with van der Waals surface area (Å²) in [7, 11) is 1.73. The summed E-state index contributed by atoms with van der Waals surface area (Å²) in [5, 5.41) is 3.48. The number of nitrogens with zero attached hydrogens (tertiary/aromatic N) is 1. The summed E-state index contributed by atoms with van der Waals surface area (Å²) in [4.78, 5) is 13.7. The summed E-state index contributed by atoms with van der Waals surface area (Å²) in [5.41, 5.74) is 0.750. The van der Waals surface area contributed by atoms with Crippen molar-refractivity contribution in [1.29, 1.82) is 0 Å².